The molecule has 3 rings (SSSR count). The van der Waals surface area contributed by atoms with Crippen LogP contribution in [0.3, 0.4) is 0 Å². The summed E-state index contributed by atoms with van der Waals surface area (Å²) in [4.78, 5) is 14.7. The SMILES string of the molecule is O=C(COc1ccc(F)cc1Br)NC(CN1CCOCC1)c1ccccc1. The van der Waals surface area contributed by atoms with Crippen molar-refractivity contribution >= 4 is 21.8 Å². The fourth-order valence-corrected chi connectivity index (χ4v) is 3.40. The molecular formula is C20H22BrFN2O3. The summed E-state index contributed by atoms with van der Waals surface area (Å²) in [6.07, 6.45) is 0. The summed E-state index contributed by atoms with van der Waals surface area (Å²) in [6.45, 7) is 3.67. The molecule has 5 nitrogen and oxygen atoms in total. The van der Waals surface area contributed by atoms with E-state index in [1.54, 1.807) is 0 Å². The van der Waals surface area contributed by atoms with Crippen LogP contribution in [0.2, 0.25) is 0 Å². The molecule has 2 aromatic rings. The number of carbonyl (C=O) groups is 1. The molecule has 0 aliphatic carbocycles. The molecular weight excluding hydrogens is 415 g/mol. The molecule has 1 amide bonds. The summed E-state index contributed by atoms with van der Waals surface area (Å²) in [6, 6.07) is 13.8. The number of nitrogens with zero attached hydrogens (tertiary/aromatic N) is 1. The Morgan fingerprint density at radius 2 is 1.96 bits per heavy atom. The molecule has 1 unspecified atom stereocenters. The van der Waals surface area contributed by atoms with Crippen LogP contribution in [0.4, 0.5) is 4.39 Å². The van der Waals surface area contributed by atoms with E-state index in [0.717, 1.165) is 18.7 Å². The van der Waals surface area contributed by atoms with Gasteiger partial charge in [0.25, 0.3) is 5.91 Å². The van der Waals surface area contributed by atoms with Crippen molar-refractivity contribution in [2.75, 3.05) is 39.5 Å². The maximum absolute atomic E-state index is 13.2. The summed E-state index contributed by atoms with van der Waals surface area (Å²) >= 11 is 3.24. The zero-order valence-corrected chi connectivity index (χ0v) is 16.5. The summed E-state index contributed by atoms with van der Waals surface area (Å²) < 4.78 is 24.5. The Hall–Kier alpha value is -1.96. The quantitative estimate of drug-likeness (QED) is 0.723. The van der Waals surface area contributed by atoms with E-state index < -0.39 is 0 Å². The number of benzene rings is 2. The predicted octanol–water partition coefficient (Wildman–Crippen LogP) is 3.16. The zero-order chi connectivity index (χ0) is 19.1. The number of hydrogen-bond acceptors (Lipinski definition) is 4. The minimum atomic E-state index is -0.367. The van der Waals surface area contributed by atoms with Crippen molar-refractivity contribution in [3.05, 3.63) is 64.4 Å². The van der Waals surface area contributed by atoms with Gasteiger partial charge in [0.05, 0.1) is 23.7 Å². The van der Waals surface area contributed by atoms with Gasteiger partial charge in [-0.2, -0.15) is 0 Å². The van der Waals surface area contributed by atoms with Gasteiger partial charge >= 0.3 is 0 Å². The maximum Gasteiger partial charge on any atom is 0.258 e. The molecule has 1 aliphatic rings. The fourth-order valence-electron chi connectivity index (χ4n) is 2.93. The highest BCUT2D eigenvalue weighted by atomic mass is 79.9. The van der Waals surface area contributed by atoms with E-state index in [9.17, 15) is 9.18 Å². The number of amides is 1. The Bertz CT molecular complexity index is 754. The molecule has 7 heteroatoms. The van der Waals surface area contributed by atoms with Gasteiger partial charge in [0.2, 0.25) is 0 Å². The molecule has 1 aliphatic heterocycles. The van der Waals surface area contributed by atoms with Crippen LogP contribution in [0.15, 0.2) is 53.0 Å². The van der Waals surface area contributed by atoms with Gasteiger partial charge in [-0.05, 0) is 39.7 Å². The second-order valence-electron chi connectivity index (χ2n) is 6.31. The number of carbonyl (C=O) groups excluding carboxylic acids is 1. The molecule has 1 heterocycles. The van der Waals surface area contributed by atoms with Crippen molar-refractivity contribution in [1.82, 2.24) is 10.2 Å². The second-order valence-corrected chi connectivity index (χ2v) is 7.16. The van der Waals surface area contributed by atoms with Gasteiger partial charge in [-0.1, -0.05) is 30.3 Å². The van der Waals surface area contributed by atoms with Crippen LogP contribution in [0.25, 0.3) is 0 Å². The van der Waals surface area contributed by atoms with E-state index in [1.807, 2.05) is 30.3 Å². The average molecular weight is 437 g/mol. The lowest BCUT2D eigenvalue weighted by Gasteiger charge is -2.31. The Morgan fingerprint density at radius 1 is 1.22 bits per heavy atom. The molecule has 0 saturated carbocycles. The lowest BCUT2D eigenvalue weighted by molar-refractivity contribution is -0.124. The number of morpholine rings is 1. The Morgan fingerprint density at radius 3 is 2.67 bits per heavy atom. The van der Waals surface area contributed by atoms with Gasteiger partial charge in [-0.25, -0.2) is 4.39 Å². The van der Waals surface area contributed by atoms with E-state index in [-0.39, 0.29) is 24.4 Å². The van der Waals surface area contributed by atoms with Crippen LogP contribution in [-0.2, 0) is 9.53 Å². The Balaban J connectivity index is 1.61. The lowest BCUT2D eigenvalue weighted by Crippen LogP contribution is -2.44. The van der Waals surface area contributed by atoms with Crippen molar-refractivity contribution in [3.63, 3.8) is 0 Å². The fraction of sp³-hybridized carbons (Fsp3) is 0.350. The van der Waals surface area contributed by atoms with E-state index in [1.165, 1.54) is 18.2 Å². The predicted molar refractivity (Wildman–Crippen MR) is 104 cm³/mol. The Kier molecular flexibility index (Phi) is 7.20. The number of rotatable bonds is 7. The summed E-state index contributed by atoms with van der Waals surface area (Å²) in [5, 5.41) is 3.05. The molecule has 1 N–H and O–H groups in total. The van der Waals surface area contributed by atoms with Gasteiger partial charge in [0, 0.05) is 19.6 Å². The van der Waals surface area contributed by atoms with Crippen molar-refractivity contribution in [2.45, 2.75) is 6.04 Å². The average Bonchev–Trinajstić information content (AvgIpc) is 2.68. The maximum atomic E-state index is 13.2. The Labute approximate surface area is 166 Å². The van der Waals surface area contributed by atoms with E-state index in [0.29, 0.717) is 30.0 Å². The first-order valence-corrected chi connectivity index (χ1v) is 9.63. The van der Waals surface area contributed by atoms with Crippen LogP contribution in [0, 0.1) is 5.82 Å². The number of hydrogen-bond donors (Lipinski definition) is 1. The van der Waals surface area contributed by atoms with Crippen LogP contribution in [-0.4, -0.2) is 50.3 Å². The highest BCUT2D eigenvalue weighted by Gasteiger charge is 2.20. The first-order chi connectivity index (χ1) is 13.1. The van der Waals surface area contributed by atoms with Gasteiger partial charge in [-0.3, -0.25) is 9.69 Å². The summed E-state index contributed by atoms with van der Waals surface area (Å²) in [7, 11) is 0. The van der Waals surface area contributed by atoms with Crippen molar-refractivity contribution in [3.8, 4) is 5.75 Å². The third-order valence-electron chi connectivity index (χ3n) is 4.33. The summed E-state index contributed by atoms with van der Waals surface area (Å²) in [5.41, 5.74) is 1.04. The molecule has 2 aromatic carbocycles. The van der Waals surface area contributed by atoms with Crippen molar-refractivity contribution < 1.29 is 18.7 Å². The van der Waals surface area contributed by atoms with E-state index in [2.05, 4.69) is 26.1 Å². The highest BCUT2D eigenvalue weighted by Crippen LogP contribution is 2.25. The van der Waals surface area contributed by atoms with Gasteiger partial charge in [0.1, 0.15) is 11.6 Å². The minimum absolute atomic E-state index is 0.142. The topological polar surface area (TPSA) is 50.8 Å². The van der Waals surface area contributed by atoms with E-state index in [4.69, 9.17) is 9.47 Å². The van der Waals surface area contributed by atoms with Crippen LogP contribution >= 0.6 is 15.9 Å². The van der Waals surface area contributed by atoms with Crippen LogP contribution in [0.5, 0.6) is 5.75 Å². The van der Waals surface area contributed by atoms with Crippen molar-refractivity contribution in [1.29, 1.82) is 0 Å². The van der Waals surface area contributed by atoms with E-state index >= 15 is 0 Å². The van der Waals surface area contributed by atoms with Crippen molar-refractivity contribution in [2.24, 2.45) is 0 Å². The first-order valence-electron chi connectivity index (χ1n) is 8.84. The molecule has 0 aromatic heterocycles. The van der Waals surface area contributed by atoms with Crippen LogP contribution in [0.1, 0.15) is 11.6 Å². The summed E-state index contributed by atoms with van der Waals surface area (Å²) in [5.74, 6) is -0.169. The monoisotopic (exact) mass is 436 g/mol. The van der Waals surface area contributed by atoms with Gasteiger partial charge < -0.3 is 14.8 Å². The van der Waals surface area contributed by atoms with Gasteiger partial charge in [0.15, 0.2) is 6.61 Å². The largest absolute Gasteiger partial charge is 0.483 e. The number of nitrogens with one attached hydrogen (secondary N) is 1. The molecule has 27 heavy (non-hydrogen) atoms. The highest BCUT2D eigenvalue weighted by molar-refractivity contribution is 9.10. The minimum Gasteiger partial charge on any atom is -0.483 e. The molecule has 0 spiro atoms. The zero-order valence-electron chi connectivity index (χ0n) is 14.9. The molecule has 1 fully saturated rings. The standard InChI is InChI=1S/C20H22BrFN2O3/c21-17-12-16(22)6-7-19(17)27-14-20(25)23-18(15-4-2-1-3-5-15)13-24-8-10-26-11-9-24/h1-7,12,18H,8-11,13-14H2,(H,23,25). The van der Waals surface area contributed by atoms with Gasteiger partial charge in [-0.15, -0.1) is 0 Å². The molecule has 144 valence electrons. The smallest absolute Gasteiger partial charge is 0.258 e. The molecule has 1 atom stereocenters. The number of ether oxygens (including phenoxy) is 2. The van der Waals surface area contributed by atoms with Crippen LogP contribution < -0.4 is 10.1 Å². The first kappa shape index (κ1) is 19.8. The number of halogens is 2. The molecule has 0 bridgehead atoms. The second kappa shape index (κ2) is 9.82. The third kappa shape index (κ3) is 6.02. The third-order valence-corrected chi connectivity index (χ3v) is 4.95. The molecule has 0 radical (unpaired) electrons. The lowest BCUT2D eigenvalue weighted by atomic mass is 10.1. The normalized spacial score (nSPS) is 15.9. The molecule has 1 saturated heterocycles.